The number of ether oxygens (including phenoxy) is 3. The van der Waals surface area contributed by atoms with Crippen LogP contribution in [0, 0.1) is 33.7 Å². The predicted molar refractivity (Wildman–Crippen MR) is 213 cm³/mol. The number of nitro benzene ring substituents is 1. The average Bonchev–Trinajstić information content (AvgIpc) is 3.22. The van der Waals surface area contributed by atoms with Gasteiger partial charge in [-0.2, -0.15) is 0 Å². The number of aliphatic hydroxyl groups excluding tert-OH is 2. The van der Waals surface area contributed by atoms with E-state index in [0.29, 0.717) is 41.9 Å². The third-order valence-corrected chi connectivity index (χ3v) is 11.4. The zero-order chi connectivity index (χ0) is 41.2. The summed E-state index contributed by atoms with van der Waals surface area (Å²) in [5.74, 6) is -2.50. The highest BCUT2D eigenvalue weighted by atomic mass is 19.1. The number of nitro groups is 1. The normalized spacial score (nSPS) is 23.8. The molecule has 14 heteroatoms. The van der Waals surface area contributed by atoms with Gasteiger partial charge in [0.25, 0.3) is 5.69 Å². The van der Waals surface area contributed by atoms with Crippen molar-refractivity contribution in [3.63, 3.8) is 0 Å². The lowest BCUT2D eigenvalue weighted by atomic mass is 9.55. The molecule has 0 spiro atoms. The molecule has 1 amide bonds. The van der Waals surface area contributed by atoms with Crippen molar-refractivity contribution >= 4 is 17.5 Å². The number of hydrogen-bond donors (Lipinski definition) is 3. The highest BCUT2D eigenvalue weighted by molar-refractivity contribution is 6.03. The molecule has 0 saturated heterocycles. The summed E-state index contributed by atoms with van der Waals surface area (Å²) < 4.78 is 33.8. The number of nitrogens with zero attached hydrogens (tertiary/aromatic N) is 3. The average molecular weight is 802 g/mol. The number of phenols is 1. The van der Waals surface area contributed by atoms with Gasteiger partial charge in [-0.25, -0.2) is 9.18 Å². The van der Waals surface area contributed by atoms with Crippen LogP contribution in [0.5, 0.6) is 11.5 Å². The van der Waals surface area contributed by atoms with Crippen molar-refractivity contribution in [3.05, 3.63) is 124 Å². The molecule has 6 atom stereocenters. The van der Waals surface area contributed by atoms with Gasteiger partial charge in [0.05, 0.1) is 29.8 Å². The molecule has 58 heavy (non-hydrogen) atoms. The van der Waals surface area contributed by atoms with Gasteiger partial charge in [-0.1, -0.05) is 42.3 Å². The fourth-order valence-corrected chi connectivity index (χ4v) is 8.85. The molecular weight excluding hydrogens is 749 g/mol. The summed E-state index contributed by atoms with van der Waals surface area (Å²) in [7, 11) is 0. The Hall–Kier alpha value is -5.31. The van der Waals surface area contributed by atoms with Crippen LogP contribution in [0.4, 0.5) is 14.9 Å². The van der Waals surface area contributed by atoms with Crippen molar-refractivity contribution in [2.45, 2.75) is 82.8 Å². The highest BCUT2D eigenvalue weighted by Crippen LogP contribution is 2.62. The van der Waals surface area contributed by atoms with Crippen LogP contribution < -0.4 is 4.74 Å². The maximum atomic E-state index is 14.2. The maximum absolute atomic E-state index is 14.2. The summed E-state index contributed by atoms with van der Waals surface area (Å²) in [6, 6.07) is 15.9. The number of benzene rings is 3. The Morgan fingerprint density at radius 3 is 2.43 bits per heavy atom. The Balaban J connectivity index is 1.56. The van der Waals surface area contributed by atoms with Gasteiger partial charge >= 0.3 is 6.09 Å². The molecule has 0 aromatic heterocycles. The van der Waals surface area contributed by atoms with Crippen LogP contribution in [0.2, 0.25) is 0 Å². The fourth-order valence-electron chi connectivity index (χ4n) is 8.85. The van der Waals surface area contributed by atoms with Crippen LogP contribution in [0.15, 0.2) is 96.2 Å². The van der Waals surface area contributed by atoms with Crippen LogP contribution in [-0.4, -0.2) is 75.2 Å². The van der Waals surface area contributed by atoms with Gasteiger partial charge in [0.15, 0.2) is 0 Å². The summed E-state index contributed by atoms with van der Waals surface area (Å²) in [6.07, 6.45) is 7.39. The molecule has 2 aliphatic carbocycles. The number of carbonyl (C=O) groups excluding carboxylic acids is 1. The van der Waals surface area contributed by atoms with Crippen LogP contribution in [0.3, 0.4) is 0 Å². The number of phenolic OH excluding ortho intramolecular Hbond substituents is 1. The molecule has 310 valence electrons. The monoisotopic (exact) mass is 801 g/mol. The van der Waals surface area contributed by atoms with Crippen LogP contribution in [0.1, 0.15) is 74.5 Å². The van der Waals surface area contributed by atoms with Crippen molar-refractivity contribution in [2.75, 3.05) is 26.4 Å². The number of amides is 1. The molecule has 3 aromatic rings. The molecule has 1 heterocycles. The van der Waals surface area contributed by atoms with E-state index in [9.17, 15) is 34.6 Å². The summed E-state index contributed by atoms with van der Waals surface area (Å²) >= 11 is 0. The van der Waals surface area contributed by atoms with Gasteiger partial charge in [-0.3, -0.25) is 15.0 Å². The van der Waals surface area contributed by atoms with Gasteiger partial charge < -0.3 is 34.4 Å². The van der Waals surface area contributed by atoms with Gasteiger partial charge in [0.2, 0.25) is 5.79 Å². The SMILES string of the molecule is C=CCO[C@@]12Oc3ccc(O)cc3[C@H]3[C@H](CCCCO)[C@@H](CCCCO)C=C(C(=NOCc4ccc([N+](=O)[O-])cc4)C[C@@H]1N(Cc1ccc(F)cc1)C(=O)OCC)[C@H]32. The zero-order valence-electron chi connectivity index (χ0n) is 32.7. The van der Waals surface area contributed by atoms with Crippen LogP contribution in [-0.2, 0) is 27.5 Å². The first-order chi connectivity index (χ1) is 28.1. The van der Waals surface area contributed by atoms with Gasteiger partial charge in [0, 0.05) is 49.8 Å². The molecule has 13 nitrogen and oxygen atoms in total. The van der Waals surface area contributed by atoms with Crippen molar-refractivity contribution in [1.29, 1.82) is 0 Å². The second-order valence-corrected chi connectivity index (χ2v) is 14.9. The Bertz CT molecular complexity index is 1960. The quantitative estimate of drug-likeness (QED) is 0.0468. The predicted octanol–water partition coefficient (Wildman–Crippen LogP) is 7.93. The minimum absolute atomic E-state index is 0.000265. The maximum Gasteiger partial charge on any atom is 0.410 e. The van der Waals surface area contributed by atoms with Crippen molar-refractivity contribution in [2.24, 2.45) is 22.9 Å². The number of rotatable bonds is 19. The summed E-state index contributed by atoms with van der Waals surface area (Å²) in [5.41, 5.74) is 3.32. The number of unbranched alkanes of at least 4 members (excludes halogenated alkanes) is 2. The first kappa shape index (κ1) is 42.3. The summed E-state index contributed by atoms with van der Waals surface area (Å²) in [5, 5.41) is 46.6. The van der Waals surface area contributed by atoms with Gasteiger partial charge in [0.1, 0.15) is 30.0 Å². The summed E-state index contributed by atoms with van der Waals surface area (Å²) in [6.45, 7) is 5.87. The van der Waals surface area contributed by atoms with Gasteiger partial charge in [-0.15, -0.1) is 6.58 Å². The molecule has 3 aromatic carbocycles. The number of oxime groups is 1. The minimum atomic E-state index is -1.57. The first-order valence-electron chi connectivity index (χ1n) is 19.9. The van der Waals surface area contributed by atoms with Crippen molar-refractivity contribution in [1.82, 2.24) is 4.90 Å². The van der Waals surface area contributed by atoms with E-state index in [4.69, 9.17) is 24.2 Å². The number of aromatic hydroxyl groups is 1. The number of halogens is 1. The highest BCUT2D eigenvalue weighted by Gasteiger charge is 2.65. The lowest BCUT2D eigenvalue weighted by Gasteiger charge is -2.59. The molecule has 0 radical (unpaired) electrons. The largest absolute Gasteiger partial charge is 0.508 e. The van der Waals surface area contributed by atoms with Crippen molar-refractivity contribution < 1.29 is 48.5 Å². The third kappa shape index (κ3) is 9.19. The van der Waals surface area contributed by atoms with E-state index in [2.05, 4.69) is 12.7 Å². The number of carbonyl (C=O) groups is 1. The Kier molecular flexibility index (Phi) is 14.2. The van der Waals surface area contributed by atoms with E-state index in [1.165, 1.54) is 24.3 Å². The Morgan fingerprint density at radius 1 is 1.05 bits per heavy atom. The van der Waals surface area contributed by atoms with Crippen LogP contribution in [0.25, 0.3) is 0 Å². The summed E-state index contributed by atoms with van der Waals surface area (Å²) in [4.78, 5) is 32.6. The zero-order valence-corrected chi connectivity index (χ0v) is 32.7. The fraction of sp³-hybridized carbons (Fsp3) is 0.455. The Labute approximate surface area is 337 Å². The minimum Gasteiger partial charge on any atom is -0.508 e. The number of non-ortho nitro benzene ring substituents is 1. The smallest absolute Gasteiger partial charge is 0.410 e. The molecule has 3 N–H and O–H groups in total. The van der Waals surface area contributed by atoms with E-state index < -0.39 is 34.6 Å². The second-order valence-electron chi connectivity index (χ2n) is 14.9. The van der Waals surface area contributed by atoms with E-state index in [0.717, 1.165) is 30.4 Å². The molecule has 0 unspecified atom stereocenters. The number of aliphatic hydroxyl groups is 2. The third-order valence-electron chi connectivity index (χ3n) is 11.4. The van der Waals surface area contributed by atoms with Crippen LogP contribution >= 0.6 is 0 Å². The number of hydrogen-bond acceptors (Lipinski definition) is 11. The lowest BCUT2D eigenvalue weighted by Crippen LogP contribution is -2.70. The molecule has 1 fully saturated rings. The standard InChI is InChI=1S/C44H52FN3O10/c1-3-23-56-44-40(47(43(52)55-4-2)27-29-11-15-32(45)16-12-29)26-38(46-57-28-30-13-17-33(18-14-30)48(53)54)36-24-31(9-5-7-21-49)35(10-6-8-22-50)41(42(36)44)37-25-34(51)19-20-39(37)58-44/h3,11-20,24-25,31,35,40-42,49-51H,1,4-10,21-23,26-28H2,2H3/t31-,35+,40-,41+,42+,44+/m0/s1. The molecular formula is C44H52FN3O10. The van der Waals surface area contributed by atoms with E-state index >= 15 is 0 Å². The molecule has 1 aliphatic heterocycles. The number of allylic oxidation sites excluding steroid dienone is 1. The number of fused-ring (bicyclic) bond motifs is 2. The van der Waals surface area contributed by atoms with E-state index in [1.54, 1.807) is 60.4 Å². The second kappa shape index (κ2) is 19.4. The molecule has 3 aliphatic rings. The van der Waals surface area contributed by atoms with Crippen molar-refractivity contribution in [3.8, 4) is 11.5 Å². The first-order valence-corrected chi connectivity index (χ1v) is 19.9. The molecule has 6 rings (SSSR count). The lowest BCUT2D eigenvalue weighted by molar-refractivity contribution is -0.384. The van der Waals surface area contributed by atoms with E-state index in [1.807, 2.05) is 0 Å². The van der Waals surface area contributed by atoms with Gasteiger partial charge in [-0.05, 0) is 104 Å². The molecule has 0 bridgehead atoms. The Morgan fingerprint density at radius 2 is 1.76 bits per heavy atom. The van der Waals surface area contributed by atoms with E-state index in [-0.39, 0.29) is 75.2 Å². The molecule has 1 saturated carbocycles. The topological polar surface area (TPSA) is 173 Å².